The molecule has 0 amide bonds. The lowest BCUT2D eigenvalue weighted by molar-refractivity contribution is -0.144. The SMILES string of the molecule is CCCCCCCCCC(=O)OCCN(CCOC(=O)OC(CCCCCC)CCCCCCCCC(=O)O)CCN(CC)CC. The number of unbranched alkanes of at least 4 members (excludes halogenated alkanes) is 14. The van der Waals surface area contributed by atoms with Crippen molar-refractivity contribution in [3.63, 3.8) is 0 Å². The number of carbonyl (C=O) groups is 3. The molecule has 0 aromatic carbocycles. The zero-order valence-electron chi connectivity index (χ0n) is 30.4. The Kier molecular flexibility index (Phi) is 31.7. The van der Waals surface area contributed by atoms with E-state index >= 15 is 0 Å². The minimum absolute atomic E-state index is 0.125. The van der Waals surface area contributed by atoms with Crippen LogP contribution < -0.4 is 0 Å². The van der Waals surface area contributed by atoms with Gasteiger partial charge in [-0.15, -0.1) is 0 Å². The highest BCUT2D eigenvalue weighted by molar-refractivity contribution is 5.69. The van der Waals surface area contributed by atoms with E-state index in [2.05, 4.69) is 37.5 Å². The van der Waals surface area contributed by atoms with Gasteiger partial charge in [-0.25, -0.2) is 4.79 Å². The van der Waals surface area contributed by atoms with Crippen LogP contribution in [-0.4, -0.2) is 91.6 Å². The first-order valence-corrected chi connectivity index (χ1v) is 19.0. The highest BCUT2D eigenvalue weighted by Crippen LogP contribution is 2.17. The van der Waals surface area contributed by atoms with Gasteiger partial charge in [0.15, 0.2) is 0 Å². The summed E-state index contributed by atoms with van der Waals surface area (Å²) in [6.45, 7) is 14.1. The Morgan fingerprint density at radius 1 is 0.543 bits per heavy atom. The summed E-state index contributed by atoms with van der Waals surface area (Å²) in [7, 11) is 0. The second-order valence-corrected chi connectivity index (χ2v) is 12.7. The molecule has 0 bridgehead atoms. The van der Waals surface area contributed by atoms with Crippen molar-refractivity contribution in [3.05, 3.63) is 0 Å². The van der Waals surface area contributed by atoms with E-state index in [0.717, 1.165) is 103 Å². The zero-order chi connectivity index (χ0) is 34.1. The third-order valence-corrected chi connectivity index (χ3v) is 8.72. The molecule has 9 nitrogen and oxygen atoms in total. The summed E-state index contributed by atoms with van der Waals surface area (Å²) >= 11 is 0. The van der Waals surface area contributed by atoms with Crippen molar-refractivity contribution in [2.24, 2.45) is 0 Å². The van der Waals surface area contributed by atoms with Crippen LogP contribution in [0.15, 0.2) is 0 Å². The highest BCUT2D eigenvalue weighted by atomic mass is 16.7. The quantitative estimate of drug-likeness (QED) is 0.0536. The first kappa shape index (κ1) is 44.1. The molecule has 0 aromatic rings. The van der Waals surface area contributed by atoms with Crippen molar-refractivity contribution >= 4 is 18.1 Å². The fraction of sp³-hybridized carbons (Fsp3) is 0.919. The summed E-state index contributed by atoms with van der Waals surface area (Å²) in [5.41, 5.74) is 0. The summed E-state index contributed by atoms with van der Waals surface area (Å²) in [4.78, 5) is 40.1. The van der Waals surface area contributed by atoms with Crippen LogP contribution in [0.1, 0.15) is 163 Å². The van der Waals surface area contributed by atoms with Crippen LogP contribution in [0, 0.1) is 0 Å². The monoisotopic (exact) mass is 657 g/mol. The minimum Gasteiger partial charge on any atom is -0.481 e. The molecule has 9 heteroatoms. The summed E-state index contributed by atoms with van der Waals surface area (Å²) in [5.74, 6) is -0.850. The molecule has 46 heavy (non-hydrogen) atoms. The fourth-order valence-corrected chi connectivity index (χ4v) is 5.59. The third-order valence-electron chi connectivity index (χ3n) is 8.72. The molecular weight excluding hydrogens is 584 g/mol. The van der Waals surface area contributed by atoms with Gasteiger partial charge in [0.05, 0.1) is 0 Å². The average molecular weight is 657 g/mol. The standard InChI is InChI=1S/C37H72N2O7/c1-5-9-11-13-14-19-23-27-36(42)44-32-30-39(29-28-38(7-3)8-4)31-33-45-37(43)46-34(24-20-12-10-6-2)25-21-17-15-16-18-22-26-35(40)41/h34H,5-33H2,1-4H3,(H,40,41). The van der Waals surface area contributed by atoms with E-state index in [1.165, 1.54) is 44.9 Å². The zero-order valence-corrected chi connectivity index (χ0v) is 30.4. The number of likely N-dealkylation sites (N-methyl/N-ethyl adjacent to an activating group) is 1. The Bertz CT molecular complexity index is 718. The molecule has 1 atom stereocenters. The third kappa shape index (κ3) is 29.5. The van der Waals surface area contributed by atoms with E-state index < -0.39 is 12.1 Å². The molecule has 0 heterocycles. The lowest BCUT2D eigenvalue weighted by Crippen LogP contribution is -2.39. The van der Waals surface area contributed by atoms with E-state index in [1.807, 2.05) is 0 Å². The summed E-state index contributed by atoms with van der Waals surface area (Å²) < 4.78 is 16.9. The molecule has 0 aliphatic carbocycles. The minimum atomic E-state index is -0.725. The molecule has 1 N–H and O–H groups in total. The van der Waals surface area contributed by atoms with Crippen LogP contribution in [0.5, 0.6) is 0 Å². The van der Waals surface area contributed by atoms with Crippen molar-refractivity contribution in [2.75, 3.05) is 52.5 Å². The number of carboxylic acid groups (broad SMARTS) is 1. The van der Waals surface area contributed by atoms with Gasteiger partial charge in [0.2, 0.25) is 0 Å². The highest BCUT2D eigenvalue weighted by Gasteiger charge is 2.17. The predicted molar refractivity (Wildman–Crippen MR) is 187 cm³/mol. The molecule has 0 aliphatic heterocycles. The van der Waals surface area contributed by atoms with E-state index in [9.17, 15) is 14.4 Å². The van der Waals surface area contributed by atoms with Gasteiger partial charge >= 0.3 is 18.1 Å². The number of ether oxygens (including phenoxy) is 3. The fourth-order valence-electron chi connectivity index (χ4n) is 5.59. The Morgan fingerprint density at radius 2 is 1.00 bits per heavy atom. The van der Waals surface area contributed by atoms with Gasteiger partial charge < -0.3 is 24.2 Å². The first-order valence-electron chi connectivity index (χ1n) is 19.0. The maximum absolute atomic E-state index is 12.7. The molecule has 0 rings (SSSR count). The Labute approximate surface area is 282 Å². The average Bonchev–Trinajstić information content (AvgIpc) is 3.03. The van der Waals surface area contributed by atoms with Crippen LogP contribution >= 0.6 is 0 Å². The van der Waals surface area contributed by atoms with Gasteiger partial charge in [0.1, 0.15) is 19.3 Å². The van der Waals surface area contributed by atoms with E-state index in [0.29, 0.717) is 26.1 Å². The molecule has 272 valence electrons. The Morgan fingerprint density at radius 3 is 1.54 bits per heavy atom. The number of nitrogens with zero attached hydrogens (tertiary/aromatic N) is 2. The molecule has 0 aromatic heterocycles. The van der Waals surface area contributed by atoms with Crippen molar-refractivity contribution in [1.82, 2.24) is 9.80 Å². The van der Waals surface area contributed by atoms with Crippen LogP contribution in [0.2, 0.25) is 0 Å². The van der Waals surface area contributed by atoms with Gasteiger partial charge in [-0.05, 0) is 51.6 Å². The van der Waals surface area contributed by atoms with E-state index in [-0.39, 0.29) is 25.1 Å². The number of aliphatic carboxylic acids is 1. The van der Waals surface area contributed by atoms with E-state index in [1.54, 1.807) is 0 Å². The maximum Gasteiger partial charge on any atom is 0.508 e. The molecule has 0 aliphatic rings. The molecule has 0 saturated heterocycles. The lowest BCUT2D eigenvalue weighted by Gasteiger charge is -2.26. The van der Waals surface area contributed by atoms with Gasteiger partial charge in [-0.1, -0.05) is 111 Å². The molecule has 0 radical (unpaired) electrons. The predicted octanol–water partition coefficient (Wildman–Crippen LogP) is 9.01. The summed E-state index contributed by atoms with van der Waals surface area (Å²) in [6, 6.07) is 0. The van der Waals surface area contributed by atoms with Crippen LogP contribution in [0.25, 0.3) is 0 Å². The molecular formula is C37H72N2O7. The molecule has 0 saturated carbocycles. The maximum atomic E-state index is 12.7. The first-order chi connectivity index (χ1) is 22.4. The number of carboxylic acids is 1. The number of carbonyl (C=O) groups excluding carboxylic acids is 2. The number of esters is 1. The largest absolute Gasteiger partial charge is 0.508 e. The summed E-state index contributed by atoms with van der Waals surface area (Å²) in [5, 5.41) is 8.77. The summed E-state index contributed by atoms with van der Waals surface area (Å²) in [6.07, 6.45) is 20.3. The van der Waals surface area contributed by atoms with Crippen LogP contribution in [-0.2, 0) is 23.8 Å². The Balaban J connectivity index is 4.58. The molecule has 1 unspecified atom stereocenters. The number of hydrogen-bond acceptors (Lipinski definition) is 8. The normalized spacial score (nSPS) is 12.0. The van der Waals surface area contributed by atoms with Crippen molar-refractivity contribution < 1.29 is 33.7 Å². The molecule has 0 fully saturated rings. The Hall–Kier alpha value is -1.87. The second-order valence-electron chi connectivity index (χ2n) is 12.7. The van der Waals surface area contributed by atoms with Crippen molar-refractivity contribution in [1.29, 1.82) is 0 Å². The van der Waals surface area contributed by atoms with Gasteiger partial charge in [-0.3, -0.25) is 14.5 Å². The molecule has 0 spiro atoms. The lowest BCUT2D eigenvalue weighted by atomic mass is 10.0. The van der Waals surface area contributed by atoms with E-state index in [4.69, 9.17) is 19.3 Å². The van der Waals surface area contributed by atoms with Gasteiger partial charge in [0.25, 0.3) is 0 Å². The second kappa shape index (κ2) is 33.0. The van der Waals surface area contributed by atoms with Crippen LogP contribution in [0.3, 0.4) is 0 Å². The number of rotatable bonds is 34. The van der Waals surface area contributed by atoms with Crippen molar-refractivity contribution in [3.8, 4) is 0 Å². The number of hydrogen-bond donors (Lipinski definition) is 1. The smallest absolute Gasteiger partial charge is 0.481 e. The van der Waals surface area contributed by atoms with Crippen molar-refractivity contribution in [2.45, 2.75) is 169 Å². The van der Waals surface area contributed by atoms with Gasteiger partial charge in [0, 0.05) is 39.0 Å². The van der Waals surface area contributed by atoms with Gasteiger partial charge in [-0.2, -0.15) is 0 Å². The van der Waals surface area contributed by atoms with Crippen LogP contribution in [0.4, 0.5) is 4.79 Å². The topological polar surface area (TPSA) is 106 Å².